The van der Waals surface area contributed by atoms with Crippen molar-refractivity contribution in [3.63, 3.8) is 0 Å². The highest BCUT2D eigenvalue weighted by atomic mass is 127. The Morgan fingerprint density at radius 3 is 2.53 bits per heavy atom. The van der Waals surface area contributed by atoms with Crippen molar-refractivity contribution < 1.29 is 0 Å². The van der Waals surface area contributed by atoms with Crippen LogP contribution in [0, 0.1) is 0 Å². The molecule has 3 nitrogen and oxygen atoms in total. The van der Waals surface area contributed by atoms with Crippen LogP contribution in [0.1, 0.15) is 5.56 Å². The first-order valence-electron chi connectivity index (χ1n) is 6.19. The summed E-state index contributed by atoms with van der Waals surface area (Å²) in [6, 6.07) is 15.1. The molecule has 0 unspecified atom stereocenters. The van der Waals surface area contributed by atoms with Crippen LogP contribution in [0.2, 0.25) is 0 Å². The average Bonchev–Trinajstić information content (AvgIpc) is 2.43. The van der Waals surface area contributed by atoms with Gasteiger partial charge in [0.05, 0.1) is 0 Å². The highest BCUT2D eigenvalue weighted by Crippen LogP contribution is 2.15. The molecule has 0 aliphatic carbocycles. The molecule has 102 valence electrons. The van der Waals surface area contributed by atoms with E-state index < -0.39 is 0 Å². The van der Waals surface area contributed by atoms with Crippen LogP contribution in [0.4, 0.5) is 0 Å². The lowest BCUT2D eigenvalue weighted by Gasteiger charge is -2.08. The molecule has 19 heavy (non-hydrogen) atoms. The van der Waals surface area contributed by atoms with Crippen LogP contribution < -0.4 is 10.6 Å². The number of rotatable bonds is 3. The fraction of sp³-hybridized carbons (Fsp3) is 0.267. The zero-order valence-corrected chi connectivity index (χ0v) is 13.6. The van der Waals surface area contributed by atoms with Gasteiger partial charge < -0.3 is 10.6 Å². The lowest BCUT2D eigenvalue weighted by atomic mass is 10.1. The van der Waals surface area contributed by atoms with E-state index in [0.717, 1.165) is 18.9 Å². The van der Waals surface area contributed by atoms with Crippen LogP contribution in [-0.2, 0) is 6.42 Å². The molecule has 0 saturated heterocycles. The van der Waals surface area contributed by atoms with E-state index in [1.807, 2.05) is 7.05 Å². The fourth-order valence-electron chi connectivity index (χ4n) is 2.00. The van der Waals surface area contributed by atoms with Crippen molar-refractivity contribution >= 4 is 40.7 Å². The van der Waals surface area contributed by atoms with E-state index in [1.54, 1.807) is 7.05 Å². The largest absolute Gasteiger partial charge is 0.359 e. The van der Waals surface area contributed by atoms with Gasteiger partial charge in [0.1, 0.15) is 0 Å². The number of nitrogens with one attached hydrogen (secondary N) is 2. The third-order valence-electron chi connectivity index (χ3n) is 2.98. The van der Waals surface area contributed by atoms with Crippen molar-refractivity contribution in [2.24, 2.45) is 4.99 Å². The third kappa shape index (κ3) is 4.38. The molecule has 4 heteroatoms. The zero-order valence-electron chi connectivity index (χ0n) is 11.3. The first-order valence-corrected chi connectivity index (χ1v) is 6.19. The molecule has 0 atom stereocenters. The topological polar surface area (TPSA) is 36.4 Å². The second-order valence-corrected chi connectivity index (χ2v) is 4.18. The molecule has 0 amide bonds. The second-order valence-electron chi connectivity index (χ2n) is 4.18. The first kappa shape index (κ1) is 15.8. The Labute approximate surface area is 131 Å². The monoisotopic (exact) mass is 369 g/mol. The fourth-order valence-corrected chi connectivity index (χ4v) is 2.00. The molecule has 0 spiro atoms. The minimum atomic E-state index is 0. The van der Waals surface area contributed by atoms with Gasteiger partial charge in [0.15, 0.2) is 5.96 Å². The molecule has 2 N–H and O–H groups in total. The molecule has 0 aliphatic heterocycles. The van der Waals surface area contributed by atoms with Crippen molar-refractivity contribution in [2.45, 2.75) is 6.42 Å². The summed E-state index contributed by atoms with van der Waals surface area (Å²) in [6.07, 6.45) is 0.992. The summed E-state index contributed by atoms with van der Waals surface area (Å²) in [5.74, 6) is 0.829. The molecular weight excluding hydrogens is 349 g/mol. The molecule has 0 fully saturated rings. The molecule has 2 aromatic rings. The van der Waals surface area contributed by atoms with E-state index in [2.05, 4.69) is 58.1 Å². The number of hydrogen-bond donors (Lipinski definition) is 2. The van der Waals surface area contributed by atoms with Crippen molar-refractivity contribution in [1.82, 2.24) is 10.6 Å². The van der Waals surface area contributed by atoms with Crippen LogP contribution in [0.3, 0.4) is 0 Å². The van der Waals surface area contributed by atoms with Gasteiger partial charge in [-0.2, -0.15) is 0 Å². The lowest BCUT2D eigenvalue weighted by molar-refractivity contribution is 0.835. The van der Waals surface area contributed by atoms with Gasteiger partial charge in [-0.1, -0.05) is 42.5 Å². The van der Waals surface area contributed by atoms with Crippen molar-refractivity contribution in [1.29, 1.82) is 0 Å². The number of hydrogen-bond acceptors (Lipinski definition) is 1. The Morgan fingerprint density at radius 2 is 1.84 bits per heavy atom. The Balaban J connectivity index is 0.00000180. The predicted molar refractivity (Wildman–Crippen MR) is 93.5 cm³/mol. The summed E-state index contributed by atoms with van der Waals surface area (Å²) in [5.41, 5.74) is 1.34. The highest BCUT2D eigenvalue weighted by Gasteiger charge is 1.97. The molecule has 2 rings (SSSR count). The Kier molecular flexibility index (Phi) is 6.62. The van der Waals surface area contributed by atoms with Crippen LogP contribution in [0.25, 0.3) is 10.8 Å². The van der Waals surface area contributed by atoms with Gasteiger partial charge in [0.2, 0.25) is 0 Å². The van der Waals surface area contributed by atoms with E-state index in [1.165, 1.54) is 16.3 Å². The van der Waals surface area contributed by atoms with Gasteiger partial charge >= 0.3 is 0 Å². The number of fused-ring (bicyclic) bond motifs is 1. The summed E-state index contributed by atoms with van der Waals surface area (Å²) in [4.78, 5) is 4.08. The van der Waals surface area contributed by atoms with E-state index in [-0.39, 0.29) is 24.0 Å². The molecule has 2 aromatic carbocycles. The molecule has 0 aliphatic rings. The Morgan fingerprint density at radius 1 is 1.11 bits per heavy atom. The maximum Gasteiger partial charge on any atom is 0.190 e. The van der Waals surface area contributed by atoms with Gasteiger partial charge in [-0.05, 0) is 22.8 Å². The number of guanidine groups is 1. The van der Waals surface area contributed by atoms with Crippen molar-refractivity contribution in [3.05, 3.63) is 48.0 Å². The third-order valence-corrected chi connectivity index (χ3v) is 2.98. The van der Waals surface area contributed by atoms with E-state index in [0.29, 0.717) is 0 Å². The SMILES string of the molecule is CN=C(NC)NCCc1ccc2ccccc2c1.I. The number of halogens is 1. The molecular formula is C15H20IN3. The minimum Gasteiger partial charge on any atom is -0.359 e. The smallest absolute Gasteiger partial charge is 0.190 e. The van der Waals surface area contributed by atoms with Gasteiger partial charge in [-0.15, -0.1) is 24.0 Å². The molecule has 0 aromatic heterocycles. The zero-order chi connectivity index (χ0) is 12.8. The lowest BCUT2D eigenvalue weighted by Crippen LogP contribution is -2.35. The maximum absolute atomic E-state index is 4.08. The van der Waals surface area contributed by atoms with Gasteiger partial charge in [-0.25, -0.2) is 0 Å². The summed E-state index contributed by atoms with van der Waals surface area (Å²) in [5, 5.41) is 8.85. The molecule has 0 heterocycles. The van der Waals surface area contributed by atoms with E-state index >= 15 is 0 Å². The van der Waals surface area contributed by atoms with E-state index in [4.69, 9.17) is 0 Å². The molecule has 0 bridgehead atoms. The molecule has 0 radical (unpaired) electrons. The summed E-state index contributed by atoms with van der Waals surface area (Å²) < 4.78 is 0. The van der Waals surface area contributed by atoms with Crippen molar-refractivity contribution in [3.8, 4) is 0 Å². The summed E-state index contributed by atoms with van der Waals surface area (Å²) in [6.45, 7) is 0.881. The molecule has 0 saturated carbocycles. The normalized spacial score (nSPS) is 10.9. The Bertz CT molecular complexity index is 552. The Hall–Kier alpha value is -1.30. The maximum atomic E-state index is 4.08. The van der Waals surface area contributed by atoms with Crippen LogP contribution >= 0.6 is 24.0 Å². The van der Waals surface area contributed by atoms with Gasteiger partial charge in [0, 0.05) is 20.6 Å². The number of aliphatic imine (C=N–C) groups is 1. The minimum absolute atomic E-state index is 0. The van der Waals surface area contributed by atoms with Gasteiger partial charge in [-0.3, -0.25) is 4.99 Å². The van der Waals surface area contributed by atoms with Crippen molar-refractivity contribution in [2.75, 3.05) is 20.6 Å². The second kappa shape index (κ2) is 7.99. The van der Waals surface area contributed by atoms with Gasteiger partial charge in [0.25, 0.3) is 0 Å². The van der Waals surface area contributed by atoms with E-state index in [9.17, 15) is 0 Å². The standard InChI is InChI=1S/C15H19N3.HI/c1-16-15(17-2)18-10-9-12-7-8-13-5-3-4-6-14(13)11-12;/h3-8,11H,9-10H2,1-2H3,(H2,16,17,18);1H. The number of benzene rings is 2. The predicted octanol–water partition coefficient (Wildman–Crippen LogP) is 2.80. The highest BCUT2D eigenvalue weighted by molar-refractivity contribution is 14.0. The summed E-state index contributed by atoms with van der Waals surface area (Å²) >= 11 is 0. The summed E-state index contributed by atoms with van der Waals surface area (Å²) in [7, 11) is 3.64. The van der Waals surface area contributed by atoms with Crippen LogP contribution in [-0.4, -0.2) is 26.6 Å². The quantitative estimate of drug-likeness (QED) is 0.496. The first-order chi connectivity index (χ1) is 8.83. The van der Waals surface area contributed by atoms with Crippen LogP contribution in [0.15, 0.2) is 47.5 Å². The number of nitrogens with zero attached hydrogens (tertiary/aromatic N) is 1. The van der Waals surface area contributed by atoms with Crippen LogP contribution in [0.5, 0.6) is 0 Å². The average molecular weight is 369 g/mol.